The Kier molecular flexibility index (Phi) is 5.24. The molecule has 8 nitrogen and oxygen atoms in total. The largest absolute Gasteiger partial charge is 0.494 e. The van der Waals surface area contributed by atoms with Crippen LogP contribution in [-0.2, 0) is 17.9 Å². The standard InChI is InChI=1S/C19H18N6O2S/c1-2-27-15-5-6-16-17(8-15)28-19(23-16)25(10-14-4-3-7-20-9-14)18(26)11-24-13-21-12-22-24/h3-9,12-13H,2,10-11H2,1H3. The third kappa shape index (κ3) is 3.99. The number of fused-ring (bicyclic) bond motifs is 1. The molecule has 0 aliphatic rings. The highest BCUT2D eigenvalue weighted by atomic mass is 32.1. The van der Waals surface area contributed by atoms with Crippen LogP contribution in [-0.4, -0.2) is 37.2 Å². The average molecular weight is 394 g/mol. The molecule has 0 unspecified atom stereocenters. The van der Waals surface area contributed by atoms with Crippen molar-refractivity contribution in [3.05, 3.63) is 60.9 Å². The lowest BCUT2D eigenvalue weighted by Gasteiger charge is -2.19. The van der Waals surface area contributed by atoms with E-state index in [0.717, 1.165) is 21.5 Å². The van der Waals surface area contributed by atoms with Gasteiger partial charge in [0.1, 0.15) is 24.9 Å². The molecule has 28 heavy (non-hydrogen) atoms. The molecule has 0 aliphatic heterocycles. The van der Waals surface area contributed by atoms with Crippen LogP contribution in [0.3, 0.4) is 0 Å². The molecule has 142 valence electrons. The van der Waals surface area contributed by atoms with E-state index in [9.17, 15) is 4.79 Å². The quantitative estimate of drug-likeness (QED) is 0.479. The first-order valence-electron chi connectivity index (χ1n) is 8.78. The summed E-state index contributed by atoms with van der Waals surface area (Å²) in [5, 5.41) is 4.65. The number of anilines is 1. The molecule has 9 heteroatoms. The molecule has 0 aliphatic carbocycles. The Hall–Kier alpha value is -3.33. The van der Waals surface area contributed by atoms with Gasteiger partial charge in [-0.05, 0) is 36.8 Å². The Morgan fingerprint density at radius 2 is 2.21 bits per heavy atom. The molecular formula is C19H18N6O2S. The maximum atomic E-state index is 13.0. The monoisotopic (exact) mass is 394 g/mol. The molecule has 0 spiro atoms. The van der Waals surface area contributed by atoms with Crippen molar-refractivity contribution in [1.29, 1.82) is 0 Å². The number of ether oxygens (including phenoxy) is 1. The van der Waals surface area contributed by atoms with Gasteiger partial charge in [-0.25, -0.2) is 14.6 Å². The van der Waals surface area contributed by atoms with Gasteiger partial charge in [-0.15, -0.1) is 0 Å². The van der Waals surface area contributed by atoms with Crippen molar-refractivity contribution in [1.82, 2.24) is 24.7 Å². The molecule has 0 bridgehead atoms. The minimum atomic E-state index is -0.126. The number of rotatable bonds is 7. The summed E-state index contributed by atoms with van der Waals surface area (Å²) >= 11 is 1.45. The number of carbonyl (C=O) groups is 1. The zero-order valence-electron chi connectivity index (χ0n) is 15.2. The highest BCUT2D eigenvalue weighted by Crippen LogP contribution is 2.32. The van der Waals surface area contributed by atoms with E-state index in [-0.39, 0.29) is 12.5 Å². The number of hydrogen-bond donors (Lipinski definition) is 0. The van der Waals surface area contributed by atoms with E-state index in [2.05, 4.69) is 20.1 Å². The molecule has 3 aromatic heterocycles. The summed E-state index contributed by atoms with van der Waals surface area (Å²) in [6.45, 7) is 3.00. The summed E-state index contributed by atoms with van der Waals surface area (Å²) in [4.78, 5) is 27.4. The van der Waals surface area contributed by atoms with Crippen LogP contribution in [0.25, 0.3) is 10.2 Å². The normalized spacial score (nSPS) is 10.9. The van der Waals surface area contributed by atoms with Gasteiger partial charge in [0.25, 0.3) is 5.91 Å². The van der Waals surface area contributed by atoms with Crippen molar-refractivity contribution < 1.29 is 9.53 Å². The Morgan fingerprint density at radius 3 is 2.96 bits per heavy atom. The zero-order valence-corrected chi connectivity index (χ0v) is 16.0. The lowest BCUT2D eigenvalue weighted by molar-refractivity contribution is -0.119. The maximum Gasteiger partial charge on any atom is 0.250 e. The van der Waals surface area contributed by atoms with Crippen molar-refractivity contribution >= 4 is 32.6 Å². The summed E-state index contributed by atoms with van der Waals surface area (Å²) < 4.78 is 8.03. The maximum absolute atomic E-state index is 13.0. The molecule has 0 atom stereocenters. The smallest absolute Gasteiger partial charge is 0.250 e. The highest BCUT2D eigenvalue weighted by Gasteiger charge is 2.21. The fourth-order valence-corrected chi connectivity index (χ4v) is 3.75. The van der Waals surface area contributed by atoms with Crippen molar-refractivity contribution in [3.8, 4) is 5.75 Å². The third-order valence-corrected chi connectivity index (χ3v) is 5.06. The second-order valence-corrected chi connectivity index (χ2v) is 7.00. The van der Waals surface area contributed by atoms with Crippen LogP contribution >= 0.6 is 11.3 Å². The summed E-state index contributed by atoms with van der Waals surface area (Å²) in [6, 6.07) is 9.53. The van der Waals surface area contributed by atoms with Crippen molar-refractivity contribution in [2.45, 2.75) is 20.0 Å². The number of pyridine rings is 1. The topological polar surface area (TPSA) is 86.0 Å². The van der Waals surface area contributed by atoms with Gasteiger partial charge in [-0.2, -0.15) is 5.10 Å². The first-order chi connectivity index (χ1) is 13.7. The van der Waals surface area contributed by atoms with Crippen LogP contribution < -0.4 is 9.64 Å². The van der Waals surface area contributed by atoms with Gasteiger partial charge in [0.05, 0.1) is 23.4 Å². The summed E-state index contributed by atoms with van der Waals surface area (Å²) in [5.74, 6) is 0.663. The van der Waals surface area contributed by atoms with Crippen LogP contribution in [0.15, 0.2) is 55.4 Å². The zero-order chi connectivity index (χ0) is 19.3. The number of amides is 1. The minimum Gasteiger partial charge on any atom is -0.494 e. The van der Waals surface area contributed by atoms with E-state index in [1.54, 1.807) is 17.3 Å². The fourth-order valence-electron chi connectivity index (χ4n) is 2.74. The van der Waals surface area contributed by atoms with E-state index in [1.807, 2.05) is 37.3 Å². The van der Waals surface area contributed by atoms with Crippen molar-refractivity contribution in [3.63, 3.8) is 0 Å². The second kappa shape index (κ2) is 8.13. The predicted molar refractivity (Wildman–Crippen MR) is 106 cm³/mol. The lowest BCUT2D eigenvalue weighted by Crippen LogP contribution is -2.33. The Labute approximate surface area is 165 Å². The minimum absolute atomic E-state index is 0.0837. The first kappa shape index (κ1) is 18.1. The molecular weight excluding hydrogens is 376 g/mol. The highest BCUT2D eigenvalue weighted by molar-refractivity contribution is 7.22. The first-order valence-corrected chi connectivity index (χ1v) is 9.59. The van der Waals surface area contributed by atoms with Gasteiger partial charge in [0.2, 0.25) is 0 Å². The number of aromatic nitrogens is 5. The summed E-state index contributed by atoms with van der Waals surface area (Å²) in [5.41, 5.74) is 1.75. The number of carbonyl (C=O) groups excluding carboxylic acids is 1. The Balaban J connectivity index is 1.67. The summed E-state index contributed by atoms with van der Waals surface area (Å²) in [7, 11) is 0. The van der Waals surface area contributed by atoms with Crippen LogP contribution in [0.4, 0.5) is 5.13 Å². The fraction of sp³-hybridized carbons (Fsp3) is 0.211. The Morgan fingerprint density at radius 1 is 1.29 bits per heavy atom. The number of thiazole rings is 1. The van der Waals surface area contributed by atoms with Crippen molar-refractivity contribution in [2.24, 2.45) is 0 Å². The van der Waals surface area contributed by atoms with Gasteiger partial charge in [0, 0.05) is 12.4 Å². The second-order valence-electron chi connectivity index (χ2n) is 5.99. The molecule has 4 rings (SSSR count). The molecule has 3 heterocycles. The Bertz CT molecular complexity index is 1060. The number of nitrogens with zero attached hydrogens (tertiary/aromatic N) is 6. The molecule has 0 radical (unpaired) electrons. The van der Waals surface area contributed by atoms with E-state index in [1.165, 1.54) is 28.7 Å². The molecule has 1 aromatic carbocycles. The van der Waals surface area contributed by atoms with Crippen LogP contribution in [0.2, 0.25) is 0 Å². The van der Waals surface area contributed by atoms with Gasteiger partial charge in [-0.1, -0.05) is 17.4 Å². The molecule has 1 amide bonds. The van der Waals surface area contributed by atoms with Gasteiger partial charge >= 0.3 is 0 Å². The molecule has 0 fully saturated rings. The third-order valence-electron chi connectivity index (χ3n) is 4.02. The van der Waals surface area contributed by atoms with E-state index < -0.39 is 0 Å². The molecule has 0 saturated carbocycles. The van der Waals surface area contributed by atoms with Crippen LogP contribution in [0.1, 0.15) is 12.5 Å². The van der Waals surface area contributed by atoms with E-state index >= 15 is 0 Å². The predicted octanol–water partition coefficient (Wildman–Crippen LogP) is 2.91. The van der Waals surface area contributed by atoms with Crippen molar-refractivity contribution in [2.75, 3.05) is 11.5 Å². The molecule has 0 N–H and O–H groups in total. The van der Waals surface area contributed by atoms with Crippen LogP contribution in [0, 0.1) is 0 Å². The molecule has 4 aromatic rings. The van der Waals surface area contributed by atoms with E-state index in [4.69, 9.17) is 4.74 Å². The van der Waals surface area contributed by atoms with Gasteiger partial charge in [0.15, 0.2) is 5.13 Å². The SMILES string of the molecule is CCOc1ccc2nc(N(Cc3cccnc3)C(=O)Cn3cncn3)sc2c1. The van der Waals surface area contributed by atoms with Gasteiger partial charge < -0.3 is 4.74 Å². The molecule has 0 saturated heterocycles. The van der Waals surface area contributed by atoms with Gasteiger partial charge in [-0.3, -0.25) is 14.7 Å². The van der Waals surface area contributed by atoms with Crippen LogP contribution in [0.5, 0.6) is 5.75 Å². The van der Waals surface area contributed by atoms with E-state index in [0.29, 0.717) is 18.3 Å². The average Bonchev–Trinajstić information content (AvgIpc) is 3.36. The number of benzene rings is 1. The lowest BCUT2D eigenvalue weighted by atomic mass is 10.2. The number of hydrogen-bond acceptors (Lipinski definition) is 7. The summed E-state index contributed by atoms with van der Waals surface area (Å²) in [6.07, 6.45) is 6.38.